The minimum absolute atomic E-state index is 0.182. The van der Waals surface area contributed by atoms with Crippen molar-refractivity contribution in [2.45, 2.75) is 13.3 Å². The van der Waals surface area contributed by atoms with E-state index in [0.717, 1.165) is 0 Å². The molecular formula is C16H17FN4O3. The van der Waals surface area contributed by atoms with Crippen LogP contribution in [0.15, 0.2) is 30.5 Å². The molecule has 2 amide bonds. The van der Waals surface area contributed by atoms with E-state index in [2.05, 4.69) is 10.4 Å². The van der Waals surface area contributed by atoms with Gasteiger partial charge < -0.3 is 15.3 Å². The van der Waals surface area contributed by atoms with Crippen LogP contribution in [0.5, 0.6) is 0 Å². The highest BCUT2D eigenvalue weighted by Gasteiger charge is 2.31. The molecule has 2 N–H and O–H groups in total. The Morgan fingerprint density at radius 1 is 1.38 bits per heavy atom. The standard InChI is InChI=1S/C16H17FN4O3/c1-10-13(8-18-21(10)14-5-3-2-4-12(14)17)19-16(24)20-7-6-11(9-20)15(22)23/h2-5,8,11H,6-7,9H2,1H3,(H,19,24)(H,22,23). The molecule has 0 radical (unpaired) electrons. The molecule has 2 heterocycles. The molecule has 1 unspecified atom stereocenters. The number of carbonyl (C=O) groups excluding carboxylic acids is 1. The topological polar surface area (TPSA) is 87.5 Å². The Labute approximate surface area is 137 Å². The number of likely N-dealkylation sites (tertiary alicyclic amines) is 1. The van der Waals surface area contributed by atoms with Crippen molar-refractivity contribution < 1.29 is 19.1 Å². The molecule has 1 aromatic carbocycles. The smallest absolute Gasteiger partial charge is 0.321 e. The number of halogens is 1. The monoisotopic (exact) mass is 332 g/mol. The molecule has 1 aromatic heterocycles. The summed E-state index contributed by atoms with van der Waals surface area (Å²) in [6.45, 7) is 2.30. The van der Waals surface area contributed by atoms with E-state index in [1.54, 1.807) is 25.1 Å². The Hall–Kier alpha value is -2.90. The molecule has 1 aliphatic rings. The third-order valence-electron chi connectivity index (χ3n) is 4.16. The number of benzene rings is 1. The van der Waals surface area contributed by atoms with Crippen molar-refractivity contribution in [1.82, 2.24) is 14.7 Å². The van der Waals surface area contributed by atoms with Crippen LogP contribution in [0.25, 0.3) is 5.69 Å². The first-order chi connectivity index (χ1) is 11.5. The van der Waals surface area contributed by atoms with Gasteiger partial charge in [0.1, 0.15) is 11.5 Å². The fourth-order valence-corrected chi connectivity index (χ4v) is 2.74. The number of para-hydroxylation sites is 1. The molecule has 8 heteroatoms. The molecular weight excluding hydrogens is 315 g/mol. The zero-order valence-electron chi connectivity index (χ0n) is 13.1. The van der Waals surface area contributed by atoms with E-state index < -0.39 is 17.7 Å². The Kier molecular flexibility index (Phi) is 4.20. The molecule has 1 atom stereocenters. The first kappa shape index (κ1) is 16.0. The number of carboxylic acids is 1. The van der Waals surface area contributed by atoms with Crippen LogP contribution in [0.1, 0.15) is 12.1 Å². The minimum atomic E-state index is -0.895. The van der Waals surface area contributed by atoms with Crippen molar-refractivity contribution in [2.75, 3.05) is 18.4 Å². The van der Waals surface area contributed by atoms with Gasteiger partial charge in [-0.2, -0.15) is 5.10 Å². The van der Waals surface area contributed by atoms with Crippen LogP contribution in [0.3, 0.4) is 0 Å². The SMILES string of the molecule is Cc1c(NC(=O)N2CCC(C(=O)O)C2)cnn1-c1ccccc1F. The summed E-state index contributed by atoms with van der Waals surface area (Å²) in [5.74, 6) is -1.84. The van der Waals surface area contributed by atoms with Gasteiger partial charge in [-0.15, -0.1) is 0 Å². The molecule has 0 bridgehead atoms. The Balaban J connectivity index is 1.74. The van der Waals surface area contributed by atoms with Crippen LogP contribution in [0, 0.1) is 18.7 Å². The van der Waals surface area contributed by atoms with E-state index in [1.165, 1.54) is 21.8 Å². The molecule has 3 rings (SSSR count). The lowest BCUT2D eigenvalue weighted by molar-refractivity contribution is -0.141. The summed E-state index contributed by atoms with van der Waals surface area (Å²) >= 11 is 0. The summed E-state index contributed by atoms with van der Waals surface area (Å²) in [4.78, 5) is 24.7. The highest BCUT2D eigenvalue weighted by molar-refractivity contribution is 5.90. The molecule has 2 aromatic rings. The lowest BCUT2D eigenvalue weighted by atomic mass is 10.1. The average Bonchev–Trinajstić information content (AvgIpc) is 3.17. The van der Waals surface area contributed by atoms with Crippen molar-refractivity contribution in [3.8, 4) is 5.69 Å². The number of nitrogens with one attached hydrogen (secondary N) is 1. The first-order valence-electron chi connectivity index (χ1n) is 7.55. The molecule has 0 saturated carbocycles. The summed E-state index contributed by atoms with van der Waals surface area (Å²) in [7, 11) is 0. The molecule has 126 valence electrons. The summed E-state index contributed by atoms with van der Waals surface area (Å²) in [5, 5.41) is 15.8. The number of anilines is 1. The molecule has 0 spiro atoms. The lowest BCUT2D eigenvalue weighted by Crippen LogP contribution is -2.33. The average molecular weight is 332 g/mol. The Morgan fingerprint density at radius 2 is 2.12 bits per heavy atom. The summed E-state index contributed by atoms with van der Waals surface area (Å²) < 4.78 is 15.3. The van der Waals surface area contributed by atoms with E-state index in [-0.39, 0.29) is 12.6 Å². The van der Waals surface area contributed by atoms with Gasteiger partial charge in [-0.3, -0.25) is 4.79 Å². The van der Waals surface area contributed by atoms with E-state index in [4.69, 9.17) is 5.11 Å². The highest BCUT2D eigenvalue weighted by Crippen LogP contribution is 2.22. The number of hydrogen-bond donors (Lipinski definition) is 2. The van der Waals surface area contributed by atoms with Crippen LogP contribution in [-0.2, 0) is 4.79 Å². The van der Waals surface area contributed by atoms with Gasteiger partial charge in [-0.05, 0) is 25.5 Å². The maximum atomic E-state index is 13.9. The number of aromatic nitrogens is 2. The minimum Gasteiger partial charge on any atom is -0.481 e. The van der Waals surface area contributed by atoms with E-state index in [9.17, 15) is 14.0 Å². The Bertz CT molecular complexity index is 789. The fourth-order valence-electron chi connectivity index (χ4n) is 2.74. The number of carbonyl (C=O) groups is 2. The number of nitrogens with zero attached hydrogens (tertiary/aromatic N) is 3. The van der Waals surface area contributed by atoms with Gasteiger partial charge in [0.15, 0.2) is 0 Å². The zero-order valence-corrected chi connectivity index (χ0v) is 13.1. The second kappa shape index (κ2) is 6.31. The van der Waals surface area contributed by atoms with E-state index in [1.807, 2.05) is 0 Å². The normalized spacial score (nSPS) is 17.1. The maximum Gasteiger partial charge on any atom is 0.321 e. The molecule has 1 fully saturated rings. The van der Waals surface area contributed by atoms with Crippen molar-refractivity contribution in [3.63, 3.8) is 0 Å². The van der Waals surface area contributed by atoms with Gasteiger partial charge in [0.05, 0.1) is 23.5 Å². The molecule has 1 aliphatic heterocycles. The van der Waals surface area contributed by atoms with Gasteiger partial charge >= 0.3 is 12.0 Å². The molecule has 7 nitrogen and oxygen atoms in total. The maximum absolute atomic E-state index is 13.9. The number of carboxylic acid groups (broad SMARTS) is 1. The summed E-state index contributed by atoms with van der Waals surface area (Å²) in [6.07, 6.45) is 1.89. The Morgan fingerprint density at radius 3 is 2.79 bits per heavy atom. The predicted molar refractivity (Wildman–Crippen MR) is 84.6 cm³/mol. The highest BCUT2D eigenvalue weighted by atomic mass is 19.1. The van der Waals surface area contributed by atoms with Crippen LogP contribution in [0.2, 0.25) is 0 Å². The second-order valence-corrected chi connectivity index (χ2v) is 5.71. The summed E-state index contributed by atoms with van der Waals surface area (Å²) in [6, 6.07) is 5.85. The van der Waals surface area contributed by atoms with Gasteiger partial charge in [0, 0.05) is 13.1 Å². The van der Waals surface area contributed by atoms with Crippen molar-refractivity contribution in [3.05, 3.63) is 42.0 Å². The number of amides is 2. The quantitative estimate of drug-likeness (QED) is 0.902. The number of aliphatic carboxylic acids is 1. The largest absolute Gasteiger partial charge is 0.481 e. The summed E-state index contributed by atoms with van der Waals surface area (Å²) in [5.41, 5.74) is 1.34. The predicted octanol–water partition coefficient (Wildman–Crippen LogP) is 2.26. The van der Waals surface area contributed by atoms with Gasteiger partial charge in [0.25, 0.3) is 0 Å². The zero-order chi connectivity index (χ0) is 17.3. The van der Waals surface area contributed by atoms with Crippen molar-refractivity contribution in [1.29, 1.82) is 0 Å². The second-order valence-electron chi connectivity index (χ2n) is 5.71. The van der Waals surface area contributed by atoms with Crippen LogP contribution >= 0.6 is 0 Å². The lowest BCUT2D eigenvalue weighted by Gasteiger charge is -2.16. The fraction of sp³-hybridized carbons (Fsp3) is 0.312. The molecule has 24 heavy (non-hydrogen) atoms. The van der Waals surface area contributed by atoms with Gasteiger partial charge in [-0.25, -0.2) is 13.9 Å². The van der Waals surface area contributed by atoms with E-state index >= 15 is 0 Å². The third-order valence-corrected chi connectivity index (χ3v) is 4.16. The van der Waals surface area contributed by atoms with Crippen LogP contribution in [0.4, 0.5) is 14.9 Å². The van der Waals surface area contributed by atoms with Crippen molar-refractivity contribution >= 4 is 17.7 Å². The molecule has 1 saturated heterocycles. The van der Waals surface area contributed by atoms with Gasteiger partial charge in [-0.1, -0.05) is 12.1 Å². The third kappa shape index (κ3) is 2.94. The van der Waals surface area contributed by atoms with E-state index in [0.29, 0.717) is 30.0 Å². The number of hydrogen-bond acceptors (Lipinski definition) is 3. The first-order valence-corrected chi connectivity index (χ1v) is 7.55. The molecule has 0 aliphatic carbocycles. The van der Waals surface area contributed by atoms with Crippen LogP contribution in [-0.4, -0.2) is 44.9 Å². The number of rotatable bonds is 3. The van der Waals surface area contributed by atoms with Gasteiger partial charge in [0.2, 0.25) is 0 Å². The van der Waals surface area contributed by atoms with Crippen LogP contribution < -0.4 is 5.32 Å². The number of urea groups is 1. The van der Waals surface area contributed by atoms with Crippen molar-refractivity contribution in [2.24, 2.45) is 5.92 Å².